The third kappa shape index (κ3) is 2.84. The lowest BCUT2D eigenvalue weighted by atomic mass is 10.2. The van der Waals surface area contributed by atoms with Crippen LogP contribution in [0, 0.1) is 13.8 Å². The number of nitrogens with one attached hydrogen (secondary N) is 1. The van der Waals surface area contributed by atoms with Gasteiger partial charge in [-0.1, -0.05) is 0 Å². The molecule has 0 atom stereocenters. The van der Waals surface area contributed by atoms with Crippen LogP contribution in [0.5, 0.6) is 0 Å². The number of carbonyl (C=O) groups is 1. The molecule has 0 saturated heterocycles. The first-order valence-electron chi connectivity index (χ1n) is 5.42. The molecule has 2 rings (SSSR count). The van der Waals surface area contributed by atoms with E-state index in [2.05, 4.69) is 15.3 Å². The second-order valence-electron chi connectivity index (χ2n) is 3.83. The van der Waals surface area contributed by atoms with E-state index < -0.39 is 5.97 Å². The fraction of sp³-hybridized carbons (Fsp3) is 0.250. The van der Waals surface area contributed by atoms with E-state index in [4.69, 9.17) is 5.11 Å². The zero-order valence-corrected chi connectivity index (χ0v) is 10.9. The van der Waals surface area contributed by atoms with Gasteiger partial charge in [0.05, 0.1) is 22.8 Å². The number of aromatic carboxylic acids is 1. The lowest BCUT2D eigenvalue weighted by Gasteiger charge is -2.06. The summed E-state index contributed by atoms with van der Waals surface area (Å²) in [5.41, 5.74) is 0.738. The average Bonchev–Trinajstić information content (AvgIpc) is 2.72. The summed E-state index contributed by atoms with van der Waals surface area (Å²) in [7, 11) is 0. The van der Waals surface area contributed by atoms with E-state index in [-0.39, 0.29) is 5.56 Å². The summed E-state index contributed by atoms with van der Waals surface area (Å²) >= 11 is 1.62. The molecule has 0 aliphatic heterocycles. The van der Waals surface area contributed by atoms with Crippen LogP contribution in [-0.4, -0.2) is 21.0 Å². The molecule has 0 saturated carbocycles. The third-order valence-corrected chi connectivity index (χ3v) is 3.34. The summed E-state index contributed by atoms with van der Waals surface area (Å²) < 4.78 is 0. The fourth-order valence-electron chi connectivity index (χ4n) is 1.55. The molecule has 2 aromatic heterocycles. The molecule has 0 fully saturated rings. The van der Waals surface area contributed by atoms with Gasteiger partial charge in [-0.15, -0.1) is 11.3 Å². The Morgan fingerprint density at radius 1 is 1.44 bits per heavy atom. The summed E-state index contributed by atoms with van der Waals surface area (Å²) in [5.74, 6) is -0.284. The molecule has 2 N–H and O–H groups in total. The molecule has 6 heteroatoms. The molecule has 0 bridgehead atoms. The zero-order valence-electron chi connectivity index (χ0n) is 10.1. The Hall–Kier alpha value is -1.95. The van der Waals surface area contributed by atoms with E-state index in [1.165, 1.54) is 0 Å². The van der Waals surface area contributed by atoms with Crippen LogP contribution in [0.25, 0.3) is 0 Å². The Morgan fingerprint density at radius 3 is 2.78 bits per heavy atom. The highest BCUT2D eigenvalue weighted by molar-refractivity contribution is 7.11. The Kier molecular flexibility index (Phi) is 3.57. The quantitative estimate of drug-likeness (QED) is 0.886. The van der Waals surface area contributed by atoms with Crippen molar-refractivity contribution >= 4 is 23.1 Å². The molecular weight excluding hydrogens is 250 g/mol. The molecule has 0 aliphatic carbocycles. The molecule has 94 valence electrons. The van der Waals surface area contributed by atoms with Crippen LogP contribution in [0.2, 0.25) is 0 Å². The molecule has 18 heavy (non-hydrogen) atoms. The minimum Gasteiger partial charge on any atom is -0.478 e. The van der Waals surface area contributed by atoms with E-state index in [1.54, 1.807) is 30.4 Å². The zero-order chi connectivity index (χ0) is 13.1. The first-order valence-corrected chi connectivity index (χ1v) is 6.24. The van der Waals surface area contributed by atoms with Crippen LogP contribution in [0.4, 0.5) is 5.82 Å². The summed E-state index contributed by atoms with van der Waals surface area (Å²) in [5, 5.41) is 13.1. The molecule has 2 heterocycles. The lowest BCUT2D eigenvalue weighted by Crippen LogP contribution is -2.05. The molecule has 0 radical (unpaired) electrons. The van der Waals surface area contributed by atoms with Gasteiger partial charge in [0, 0.05) is 11.1 Å². The van der Waals surface area contributed by atoms with Gasteiger partial charge in [-0.05, 0) is 26.0 Å². The predicted molar refractivity (Wildman–Crippen MR) is 70.1 cm³/mol. The molecule has 0 aromatic carbocycles. The number of carboxylic acid groups (broad SMARTS) is 1. The van der Waals surface area contributed by atoms with Gasteiger partial charge in [-0.3, -0.25) is 0 Å². The number of aromatic nitrogens is 2. The second-order valence-corrected chi connectivity index (χ2v) is 5.15. The number of hydrogen-bond donors (Lipinski definition) is 2. The monoisotopic (exact) mass is 263 g/mol. The standard InChI is InChI=1S/C12H13N3O2S/c1-7-10(12(16)17)3-4-11(15-7)14-6-9-5-13-8(2)18-9/h3-5H,6H2,1-2H3,(H,14,15)(H,16,17). The fourth-order valence-corrected chi connectivity index (χ4v) is 2.28. The molecular formula is C12H13N3O2S. The number of nitrogens with zero attached hydrogens (tertiary/aromatic N) is 2. The van der Waals surface area contributed by atoms with Gasteiger partial charge in [0.2, 0.25) is 0 Å². The maximum absolute atomic E-state index is 10.8. The van der Waals surface area contributed by atoms with Crippen molar-refractivity contribution in [3.05, 3.63) is 39.5 Å². The van der Waals surface area contributed by atoms with Crippen LogP contribution < -0.4 is 5.32 Å². The van der Waals surface area contributed by atoms with Crippen LogP contribution in [-0.2, 0) is 6.54 Å². The summed E-state index contributed by atoms with van der Waals surface area (Å²) in [6, 6.07) is 3.23. The molecule has 5 nitrogen and oxygen atoms in total. The van der Waals surface area contributed by atoms with Crippen molar-refractivity contribution in [2.45, 2.75) is 20.4 Å². The van der Waals surface area contributed by atoms with Crippen molar-refractivity contribution in [1.29, 1.82) is 0 Å². The number of anilines is 1. The van der Waals surface area contributed by atoms with Crippen LogP contribution >= 0.6 is 11.3 Å². The van der Waals surface area contributed by atoms with E-state index in [0.717, 1.165) is 9.88 Å². The second kappa shape index (κ2) is 5.14. The molecule has 0 unspecified atom stereocenters. The summed E-state index contributed by atoms with van der Waals surface area (Å²) in [6.45, 7) is 4.29. The maximum Gasteiger partial charge on any atom is 0.337 e. The Bertz CT molecular complexity index is 580. The minimum atomic E-state index is -0.954. The minimum absolute atomic E-state index is 0.231. The topological polar surface area (TPSA) is 75.1 Å². The van der Waals surface area contributed by atoms with Crippen LogP contribution in [0.1, 0.15) is 25.9 Å². The van der Waals surface area contributed by atoms with Crippen molar-refractivity contribution in [3.63, 3.8) is 0 Å². The van der Waals surface area contributed by atoms with Gasteiger partial charge in [-0.25, -0.2) is 14.8 Å². The summed E-state index contributed by atoms with van der Waals surface area (Å²) in [4.78, 5) is 20.3. The number of hydrogen-bond acceptors (Lipinski definition) is 5. The number of pyridine rings is 1. The first kappa shape index (κ1) is 12.5. The summed E-state index contributed by atoms with van der Waals surface area (Å²) in [6.07, 6.45) is 1.82. The predicted octanol–water partition coefficient (Wildman–Crippen LogP) is 2.47. The van der Waals surface area contributed by atoms with Gasteiger partial charge in [0.15, 0.2) is 0 Å². The van der Waals surface area contributed by atoms with E-state index in [0.29, 0.717) is 18.1 Å². The van der Waals surface area contributed by atoms with Crippen molar-refractivity contribution < 1.29 is 9.90 Å². The van der Waals surface area contributed by atoms with Gasteiger partial charge >= 0.3 is 5.97 Å². The smallest absolute Gasteiger partial charge is 0.337 e. The van der Waals surface area contributed by atoms with Crippen LogP contribution in [0.3, 0.4) is 0 Å². The van der Waals surface area contributed by atoms with Crippen molar-refractivity contribution in [3.8, 4) is 0 Å². The Labute approximate surface area is 109 Å². The average molecular weight is 263 g/mol. The third-order valence-electron chi connectivity index (χ3n) is 2.43. The SMILES string of the molecule is Cc1ncc(CNc2ccc(C(=O)O)c(C)n2)s1. The van der Waals surface area contributed by atoms with Crippen molar-refractivity contribution in [2.75, 3.05) is 5.32 Å². The first-order chi connectivity index (χ1) is 8.56. The van der Waals surface area contributed by atoms with Crippen molar-refractivity contribution in [2.24, 2.45) is 0 Å². The highest BCUT2D eigenvalue weighted by atomic mass is 32.1. The Morgan fingerprint density at radius 2 is 2.22 bits per heavy atom. The molecule has 0 aliphatic rings. The lowest BCUT2D eigenvalue weighted by molar-refractivity contribution is 0.0695. The number of carboxylic acids is 1. The highest BCUT2D eigenvalue weighted by Gasteiger charge is 2.08. The van der Waals surface area contributed by atoms with E-state index >= 15 is 0 Å². The van der Waals surface area contributed by atoms with E-state index in [1.807, 2.05) is 13.1 Å². The van der Waals surface area contributed by atoms with Gasteiger partial charge in [0.25, 0.3) is 0 Å². The van der Waals surface area contributed by atoms with Gasteiger partial charge in [0.1, 0.15) is 5.82 Å². The van der Waals surface area contributed by atoms with Gasteiger partial charge in [-0.2, -0.15) is 0 Å². The number of thiazole rings is 1. The number of aryl methyl sites for hydroxylation is 2. The number of rotatable bonds is 4. The molecule has 2 aromatic rings. The largest absolute Gasteiger partial charge is 0.478 e. The maximum atomic E-state index is 10.8. The van der Waals surface area contributed by atoms with Crippen molar-refractivity contribution in [1.82, 2.24) is 9.97 Å². The highest BCUT2D eigenvalue weighted by Crippen LogP contribution is 2.15. The molecule has 0 spiro atoms. The van der Waals surface area contributed by atoms with Crippen LogP contribution in [0.15, 0.2) is 18.3 Å². The molecule has 0 amide bonds. The normalized spacial score (nSPS) is 10.3. The Balaban J connectivity index is 2.06. The van der Waals surface area contributed by atoms with E-state index in [9.17, 15) is 4.79 Å². The van der Waals surface area contributed by atoms with Gasteiger partial charge < -0.3 is 10.4 Å².